The predicted molar refractivity (Wildman–Crippen MR) is 51.4 cm³/mol. The minimum atomic E-state index is 1.10. The maximum Gasteiger partial charge on any atom is -0.0127 e. The van der Waals surface area contributed by atoms with E-state index in [4.69, 9.17) is 0 Å². The van der Waals surface area contributed by atoms with Crippen LogP contribution in [-0.2, 0) is 0 Å². The smallest absolute Gasteiger partial charge is 0.0127 e. The summed E-state index contributed by atoms with van der Waals surface area (Å²) >= 11 is 0. The Morgan fingerprint density at radius 3 is 2.73 bits per heavy atom. The SMILES string of the molecule is C=CC1=CC=CC=C=C1.CC. The molecule has 0 atom stereocenters. The number of hydrogen-bond donors (Lipinski definition) is 0. The fourth-order valence-electron chi connectivity index (χ4n) is 0.597. The van der Waals surface area contributed by atoms with Gasteiger partial charge in [0, 0.05) is 0 Å². The van der Waals surface area contributed by atoms with E-state index in [2.05, 4.69) is 12.3 Å². The Kier molecular flexibility index (Phi) is 6.07. The topological polar surface area (TPSA) is 0 Å². The van der Waals surface area contributed by atoms with Gasteiger partial charge in [0.15, 0.2) is 0 Å². The van der Waals surface area contributed by atoms with Gasteiger partial charge in [0.2, 0.25) is 0 Å². The molecule has 0 bridgehead atoms. The van der Waals surface area contributed by atoms with Crippen molar-refractivity contribution in [1.29, 1.82) is 0 Å². The molecular formula is C11H14. The molecule has 0 radical (unpaired) electrons. The maximum atomic E-state index is 3.64. The molecule has 58 valence electrons. The molecule has 1 aliphatic carbocycles. The molecule has 0 aromatic rings. The summed E-state index contributed by atoms with van der Waals surface area (Å²) in [4.78, 5) is 0. The van der Waals surface area contributed by atoms with Crippen LogP contribution in [0.5, 0.6) is 0 Å². The van der Waals surface area contributed by atoms with Gasteiger partial charge in [-0.05, 0) is 17.7 Å². The summed E-state index contributed by atoms with van der Waals surface area (Å²) in [5, 5.41) is 0. The van der Waals surface area contributed by atoms with Crippen molar-refractivity contribution < 1.29 is 0 Å². The molecule has 0 nitrogen and oxygen atoms in total. The van der Waals surface area contributed by atoms with Gasteiger partial charge in [-0.15, -0.1) is 5.73 Å². The van der Waals surface area contributed by atoms with Crippen molar-refractivity contribution >= 4 is 0 Å². The fraction of sp³-hybridized carbons (Fsp3) is 0.182. The minimum Gasteiger partial charge on any atom is -0.120 e. The van der Waals surface area contributed by atoms with Gasteiger partial charge >= 0.3 is 0 Å². The van der Waals surface area contributed by atoms with Crippen molar-refractivity contribution in [1.82, 2.24) is 0 Å². The summed E-state index contributed by atoms with van der Waals surface area (Å²) in [6, 6.07) is 0. The molecule has 0 heteroatoms. The van der Waals surface area contributed by atoms with E-state index in [1.807, 2.05) is 44.2 Å². The largest absolute Gasteiger partial charge is 0.120 e. The van der Waals surface area contributed by atoms with Gasteiger partial charge in [-0.2, -0.15) is 0 Å². The minimum absolute atomic E-state index is 1.10. The highest BCUT2D eigenvalue weighted by Gasteiger charge is 1.80. The Morgan fingerprint density at radius 1 is 1.36 bits per heavy atom. The third-order valence-electron chi connectivity index (χ3n) is 1.08. The van der Waals surface area contributed by atoms with E-state index in [-0.39, 0.29) is 0 Å². The maximum absolute atomic E-state index is 3.64. The average molecular weight is 146 g/mol. The standard InChI is InChI=1S/C9H8.C2H6/c1-2-9-7-5-3-4-6-8-9;1-2/h2-5,7-8H,1H2;1-2H3. The van der Waals surface area contributed by atoms with Crippen molar-refractivity contribution in [3.8, 4) is 0 Å². The second-order valence-electron chi connectivity index (χ2n) is 1.73. The van der Waals surface area contributed by atoms with Crippen LogP contribution >= 0.6 is 0 Å². The molecule has 0 spiro atoms. The Morgan fingerprint density at radius 2 is 2.09 bits per heavy atom. The summed E-state index contributed by atoms with van der Waals surface area (Å²) in [7, 11) is 0. The Balaban J connectivity index is 0.000000461. The lowest BCUT2D eigenvalue weighted by Gasteiger charge is -1.82. The Hall–Kier alpha value is -1.26. The zero-order valence-electron chi connectivity index (χ0n) is 7.17. The predicted octanol–water partition coefficient (Wildman–Crippen LogP) is 3.41. The molecule has 0 fully saturated rings. The van der Waals surface area contributed by atoms with E-state index < -0.39 is 0 Å². The Labute approximate surface area is 68.9 Å². The lowest BCUT2D eigenvalue weighted by atomic mass is 10.2. The average Bonchev–Trinajstić information content (AvgIpc) is 2.35. The molecule has 0 saturated heterocycles. The molecule has 0 aliphatic heterocycles. The first-order valence-corrected chi connectivity index (χ1v) is 3.85. The second kappa shape index (κ2) is 6.85. The zero-order valence-corrected chi connectivity index (χ0v) is 7.17. The Bertz CT molecular complexity index is 220. The zero-order chi connectivity index (χ0) is 8.53. The van der Waals surface area contributed by atoms with Crippen LogP contribution in [-0.4, -0.2) is 0 Å². The van der Waals surface area contributed by atoms with Crippen LogP contribution < -0.4 is 0 Å². The van der Waals surface area contributed by atoms with Crippen LogP contribution in [0.3, 0.4) is 0 Å². The molecule has 0 saturated carbocycles. The number of allylic oxidation sites excluding steroid dienone is 6. The normalized spacial score (nSPS) is 12.7. The lowest BCUT2D eigenvalue weighted by Crippen LogP contribution is -1.63. The molecule has 1 rings (SSSR count). The fourth-order valence-corrected chi connectivity index (χ4v) is 0.597. The molecule has 0 aromatic heterocycles. The first-order valence-electron chi connectivity index (χ1n) is 3.85. The molecule has 0 aromatic carbocycles. The van der Waals surface area contributed by atoms with Gasteiger partial charge in [-0.1, -0.05) is 44.7 Å². The summed E-state index contributed by atoms with van der Waals surface area (Å²) < 4.78 is 0. The highest BCUT2D eigenvalue weighted by molar-refractivity contribution is 5.35. The van der Waals surface area contributed by atoms with Gasteiger partial charge in [-0.25, -0.2) is 0 Å². The van der Waals surface area contributed by atoms with Crippen molar-refractivity contribution in [3.05, 3.63) is 54.3 Å². The summed E-state index contributed by atoms with van der Waals surface area (Å²) in [6.45, 7) is 7.64. The van der Waals surface area contributed by atoms with Crippen molar-refractivity contribution in [3.63, 3.8) is 0 Å². The van der Waals surface area contributed by atoms with Crippen molar-refractivity contribution in [2.24, 2.45) is 0 Å². The summed E-state index contributed by atoms with van der Waals surface area (Å²) in [5.41, 5.74) is 4.07. The van der Waals surface area contributed by atoms with Gasteiger partial charge in [0.1, 0.15) is 0 Å². The summed E-state index contributed by atoms with van der Waals surface area (Å²) in [5.74, 6) is 0. The van der Waals surface area contributed by atoms with Gasteiger partial charge in [-0.3, -0.25) is 0 Å². The van der Waals surface area contributed by atoms with E-state index in [1.165, 1.54) is 0 Å². The molecule has 0 unspecified atom stereocenters. The van der Waals surface area contributed by atoms with E-state index >= 15 is 0 Å². The van der Waals surface area contributed by atoms with Crippen LogP contribution in [0.1, 0.15) is 13.8 Å². The number of hydrogen-bond acceptors (Lipinski definition) is 0. The van der Waals surface area contributed by atoms with E-state index in [9.17, 15) is 0 Å². The van der Waals surface area contributed by atoms with E-state index in [1.54, 1.807) is 6.08 Å². The third kappa shape index (κ3) is 4.19. The van der Waals surface area contributed by atoms with Crippen LogP contribution in [0.4, 0.5) is 0 Å². The molecule has 0 amide bonds. The lowest BCUT2D eigenvalue weighted by molar-refractivity contribution is 1.50. The quantitative estimate of drug-likeness (QED) is 0.497. The highest BCUT2D eigenvalue weighted by Crippen LogP contribution is 1.99. The van der Waals surface area contributed by atoms with Gasteiger partial charge in [0.25, 0.3) is 0 Å². The van der Waals surface area contributed by atoms with E-state index in [0.717, 1.165) is 5.57 Å². The second-order valence-corrected chi connectivity index (χ2v) is 1.73. The molecule has 1 aliphatic rings. The van der Waals surface area contributed by atoms with Crippen LogP contribution in [0.15, 0.2) is 54.3 Å². The highest BCUT2D eigenvalue weighted by atomic mass is 13.8. The first kappa shape index (κ1) is 9.74. The monoisotopic (exact) mass is 146 g/mol. The van der Waals surface area contributed by atoms with Crippen molar-refractivity contribution in [2.75, 3.05) is 0 Å². The summed E-state index contributed by atoms with van der Waals surface area (Å²) in [6.07, 6.45) is 11.5. The molecular weight excluding hydrogens is 132 g/mol. The molecule has 0 N–H and O–H groups in total. The van der Waals surface area contributed by atoms with Gasteiger partial charge < -0.3 is 0 Å². The number of rotatable bonds is 1. The van der Waals surface area contributed by atoms with Crippen LogP contribution in [0.25, 0.3) is 0 Å². The van der Waals surface area contributed by atoms with Crippen LogP contribution in [0, 0.1) is 0 Å². The first-order chi connectivity index (χ1) is 5.43. The third-order valence-corrected chi connectivity index (χ3v) is 1.08. The van der Waals surface area contributed by atoms with Gasteiger partial charge in [0.05, 0.1) is 0 Å². The molecule has 0 heterocycles. The van der Waals surface area contributed by atoms with Crippen LogP contribution in [0.2, 0.25) is 0 Å². The van der Waals surface area contributed by atoms with Crippen molar-refractivity contribution in [2.45, 2.75) is 13.8 Å². The molecule has 11 heavy (non-hydrogen) atoms. The van der Waals surface area contributed by atoms with E-state index in [0.29, 0.717) is 0 Å².